The fourth-order valence-electron chi connectivity index (χ4n) is 7.23. The zero-order chi connectivity index (χ0) is 30.8. The molecular weight excluding hydrogens is 579 g/mol. The van der Waals surface area contributed by atoms with Crippen molar-refractivity contribution in [2.24, 2.45) is 0 Å². The standard InChI is InChI=1S/C43H31NOS/c1-43(2)36-16-6-5-14-34(36)35-26-25-31(27-37(35)43)44(38-17-9-12-28-11-3-4-13-32(28)38)30-23-21-29(22-24-30)33-15-10-20-41-42(33)45-39-18-7-8-19-40(39)46-41/h3-27H,1-2H3. The number of fused-ring (bicyclic) bond motifs is 6. The van der Waals surface area contributed by atoms with Gasteiger partial charge in [-0.05, 0) is 81.7 Å². The third kappa shape index (κ3) is 4.19. The second-order valence-electron chi connectivity index (χ2n) is 12.6. The zero-order valence-electron chi connectivity index (χ0n) is 25.7. The van der Waals surface area contributed by atoms with Gasteiger partial charge in [-0.15, -0.1) is 0 Å². The summed E-state index contributed by atoms with van der Waals surface area (Å²) in [6.07, 6.45) is 0. The Balaban J connectivity index is 1.18. The van der Waals surface area contributed by atoms with Crippen LogP contribution in [0.25, 0.3) is 33.0 Å². The van der Waals surface area contributed by atoms with Crippen LogP contribution in [0.3, 0.4) is 0 Å². The van der Waals surface area contributed by atoms with E-state index in [9.17, 15) is 0 Å². The van der Waals surface area contributed by atoms with Crippen molar-refractivity contribution in [1.82, 2.24) is 0 Å². The minimum Gasteiger partial charge on any atom is -0.454 e. The normalized spacial score (nSPS) is 13.7. The molecule has 7 aromatic rings. The molecule has 220 valence electrons. The summed E-state index contributed by atoms with van der Waals surface area (Å²) in [6.45, 7) is 4.69. The summed E-state index contributed by atoms with van der Waals surface area (Å²) in [4.78, 5) is 4.70. The van der Waals surface area contributed by atoms with E-state index in [1.54, 1.807) is 11.8 Å². The highest BCUT2D eigenvalue weighted by molar-refractivity contribution is 7.99. The quantitative estimate of drug-likeness (QED) is 0.197. The van der Waals surface area contributed by atoms with Crippen LogP contribution in [0.2, 0.25) is 0 Å². The predicted molar refractivity (Wildman–Crippen MR) is 192 cm³/mol. The number of rotatable bonds is 4. The monoisotopic (exact) mass is 609 g/mol. The van der Waals surface area contributed by atoms with Gasteiger partial charge in [-0.25, -0.2) is 0 Å². The van der Waals surface area contributed by atoms with Gasteiger partial charge in [0.25, 0.3) is 0 Å². The molecule has 0 unspecified atom stereocenters. The third-order valence-corrected chi connectivity index (χ3v) is 10.6. The lowest BCUT2D eigenvalue weighted by Gasteiger charge is -2.29. The van der Waals surface area contributed by atoms with Crippen LogP contribution in [-0.2, 0) is 5.41 Å². The van der Waals surface area contributed by atoms with Crippen molar-refractivity contribution >= 4 is 39.6 Å². The molecular formula is C43H31NOS. The summed E-state index contributed by atoms with van der Waals surface area (Å²) < 4.78 is 6.49. The van der Waals surface area contributed by atoms with E-state index < -0.39 is 0 Å². The second-order valence-corrected chi connectivity index (χ2v) is 13.6. The maximum Gasteiger partial charge on any atom is 0.149 e. The van der Waals surface area contributed by atoms with Gasteiger partial charge in [0.15, 0.2) is 0 Å². The second kappa shape index (κ2) is 10.4. The van der Waals surface area contributed by atoms with Gasteiger partial charge in [0.1, 0.15) is 11.5 Å². The fourth-order valence-corrected chi connectivity index (χ4v) is 8.21. The number of anilines is 3. The molecule has 1 aliphatic heterocycles. The maximum atomic E-state index is 6.49. The van der Waals surface area contributed by atoms with Gasteiger partial charge >= 0.3 is 0 Å². The number of ether oxygens (including phenoxy) is 1. The van der Waals surface area contributed by atoms with Crippen molar-refractivity contribution < 1.29 is 4.74 Å². The Morgan fingerprint density at radius 2 is 1.22 bits per heavy atom. The van der Waals surface area contributed by atoms with Crippen LogP contribution < -0.4 is 9.64 Å². The van der Waals surface area contributed by atoms with Crippen LogP contribution in [0, 0.1) is 0 Å². The van der Waals surface area contributed by atoms with E-state index in [1.165, 1.54) is 33.0 Å². The fraction of sp³-hybridized carbons (Fsp3) is 0.0698. The Bertz CT molecular complexity index is 2300. The molecule has 46 heavy (non-hydrogen) atoms. The van der Waals surface area contributed by atoms with Crippen LogP contribution >= 0.6 is 11.8 Å². The minimum atomic E-state index is -0.0841. The van der Waals surface area contributed by atoms with E-state index in [-0.39, 0.29) is 5.41 Å². The van der Waals surface area contributed by atoms with Crippen molar-refractivity contribution in [3.05, 3.63) is 163 Å². The molecule has 0 bridgehead atoms. The molecule has 3 heteroatoms. The van der Waals surface area contributed by atoms with Crippen LogP contribution in [0.15, 0.2) is 161 Å². The topological polar surface area (TPSA) is 12.5 Å². The van der Waals surface area contributed by atoms with Crippen molar-refractivity contribution in [1.29, 1.82) is 0 Å². The van der Waals surface area contributed by atoms with E-state index in [4.69, 9.17) is 4.74 Å². The molecule has 0 aromatic heterocycles. The Morgan fingerprint density at radius 3 is 2.13 bits per heavy atom. The van der Waals surface area contributed by atoms with Crippen LogP contribution in [0.4, 0.5) is 17.1 Å². The number of hydrogen-bond donors (Lipinski definition) is 0. The lowest BCUT2D eigenvalue weighted by atomic mass is 9.82. The summed E-state index contributed by atoms with van der Waals surface area (Å²) >= 11 is 1.77. The summed E-state index contributed by atoms with van der Waals surface area (Å²) in [5.74, 6) is 1.83. The highest BCUT2D eigenvalue weighted by Crippen LogP contribution is 2.52. The minimum absolute atomic E-state index is 0.0841. The van der Waals surface area contributed by atoms with Crippen LogP contribution in [0.1, 0.15) is 25.0 Å². The van der Waals surface area contributed by atoms with E-state index >= 15 is 0 Å². The van der Waals surface area contributed by atoms with E-state index in [1.807, 2.05) is 12.1 Å². The Kier molecular flexibility index (Phi) is 6.13. The molecule has 0 saturated heterocycles. The molecule has 9 rings (SSSR count). The Morgan fingerprint density at radius 1 is 0.543 bits per heavy atom. The summed E-state index contributed by atoms with van der Waals surface area (Å²) in [6, 6.07) is 54.7. The summed E-state index contributed by atoms with van der Waals surface area (Å²) in [7, 11) is 0. The summed E-state index contributed by atoms with van der Waals surface area (Å²) in [5.41, 5.74) is 11.0. The molecule has 1 heterocycles. The van der Waals surface area contributed by atoms with E-state index in [0.717, 1.165) is 49.5 Å². The van der Waals surface area contributed by atoms with E-state index in [0.29, 0.717) is 0 Å². The lowest BCUT2D eigenvalue weighted by Crippen LogP contribution is -2.16. The maximum absolute atomic E-state index is 6.49. The van der Waals surface area contributed by atoms with Gasteiger partial charge in [-0.1, -0.05) is 129 Å². The first-order chi connectivity index (χ1) is 22.6. The molecule has 0 radical (unpaired) electrons. The smallest absolute Gasteiger partial charge is 0.149 e. The van der Waals surface area contributed by atoms with Crippen molar-refractivity contribution in [3.63, 3.8) is 0 Å². The van der Waals surface area contributed by atoms with Crippen molar-refractivity contribution in [2.45, 2.75) is 29.1 Å². The molecule has 0 atom stereocenters. The van der Waals surface area contributed by atoms with Crippen LogP contribution in [0.5, 0.6) is 11.5 Å². The first-order valence-electron chi connectivity index (χ1n) is 15.8. The first kappa shape index (κ1) is 27.1. The Labute approximate surface area is 273 Å². The zero-order valence-corrected chi connectivity index (χ0v) is 26.5. The molecule has 0 N–H and O–H groups in total. The van der Waals surface area contributed by atoms with Gasteiger partial charge in [-0.2, -0.15) is 0 Å². The number of hydrogen-bond acceptors (Lipinski definition) is 3. The molecule has 2 nitrogen and oxygen atoms in total. The van der Waals surface area contributed by atoms with Gasteiger partial charge in [0, 0.05) is 27.7 Å². The molecule has 0 amide bonds. The molecule has 7 aromatic carbocycles. The van der Waals surface area contributed by atoms with Gasteiger partial charge < -0.3 is 9.64 Å². The first-order valence-corrected chi connectivity index (χ1v) is 16.6. The summed E-state index contributed by atoms with van der Waals surface area (Å²) in [5, 5.41) is 2.44. The number of para-hydroxylation sites is 2. The molecule has 1 aliphatic carbocycles. The number of benzene rings is 7. The number of nitrogens with zero attached hydrogens (tertiary/aromatic N) is 1. The SMILES string of the molecule is CC1(C)c2ccccc2-c2ccc(N(c3ccc(-c4cccc5c4Oc4ccccc4S5)cc3)c3cccc4ccccc34)cc21. The van der Waals surface area contributed by atoms with Crippen molar-refractivity contribution in [3.8, 4) is 33.8 Å². The predicted octanol–water partition coefficient (Wildman–Crippen LogP) is 12.5. The molecule has 0 spiro atoms. The van der Waals surface area contributed by atoms with Gasteiger partial charge in [0.05, 0.1) is 15.5 Å². The van der Waals surface area contributed by atoms with Crippen LogP contribution in [-0.4, -0.2) is 0 Å². The van der Waals surface area contributed by atoms with E-state index in [2.05, 4.69) is 158 Å². The highest BCUT2D eigenvalue weighted by Gasteiger charge is 2.35. The lowest BCUT2D eigenvalue weighted by molar-refractivity contribution is 0.456. The third-order valence-electron chi connectivity index (χ3n) is 9.53. The molecule has 0 saturated carbocycles. The Hall–Kier alpha value is -5.25. The highest BCUT2D eigenvalue weighted by atomic mass is 32.2. The largest absolute Gasteiger partial charge is 0.454 e. The van der Waals surface area contributed by atoms with Gasteiger partial charge in [0.2, 0.25) is 0 Å². The van der Waals surface area contributed by atoms with Gasteiger partial charge in [-0.3, -0.25) is 0 Å². The molecule has 0 fully saturated rings. The molecule has 2 aliphatic rings. The average Bonchev–Trinajstić information content (AvgIpc) is 3.33. The average molecular weight is 610 g/mol. The van der Waals surface area contributed by atoms with Crippen molar-refractivity contribution in [2.75, 3.05) is 4.90 Å².